The average molecular weight is 490 g/mol. The fourth-order valence-corrected chi connectivity index (χ4v) is 5.78. The number of nitrogens with zero attached hydrogens (tertiary/aromatic N) is 1. The molecule has 1 aliphatic heterocycles. The molecule has 30 heavy (non-hydrogen) atoms. The Morgan fingerprint density at radius 2 is 1.77 bits per heavy atom. The van der Waals surface area contributed by atoms with Crippen molar-refractivity contribution in [1.29, 1.82) is 0 Å². The lowest BCUT2D eigenvalue weighted by atomic mass is 9.99. The number of piperidine rings is 1. The number of carbonyl (C=O) groups is 1. The highest BCUT2D eigenvalue weighted by Crippen LogP contribution is 2.26. The smallest absolute Gasteiger partial charge is 0.224 e. The summed E-state index contributed by atoms with van der Waals surface area (Å²) in [6, 6.07) is 12.2. The van der Waals surface area contributed by atoms with Gasteiger partial charge in [0.15, 0.2) is 0 Å². The number of amides is 1. The summed E-state index contributed by atoms with van der Waals surface area (Å²) in [4.78, 5) is 12.6. The van der Waals surface area contributed by atoms with Gasteiger partial charge in [-0.2, -0.15) is 0 Å². The molecule has 1 unspecified atom stereocenters. The van der Waals surface area contributed by atoms with Crippen molar-refractivity contribution in [2.24, 2.45) is 5.92 Å². The predicted octanol–water partition coefficient (Wildman–Crippen LogP) is 4.55. The maximum Gasteiger partial charge on any atom is 0.224 e. The quantitative estimate of drug-likeness (QED) is 0.620. The van der Waals surface area contributed by atoms with Crippen LogP contribution in [-0.2, 0) is 27.0 Å². The zero-order valence-electron chi connectivity index (χ0n) is 16.3. The lowest BCUT2D eigenvalue weighted by Gasteiger charge is -2.31. The molecule has 0 bridgehead atoms. The van der Waals surface area contributed by atoms with E-state index in [1.54, 1.807) is 12.1 Å². The summed E-state index contributed by atoms with van der Waals surface area (Å²) in [5.74, 6) is -0.693. The summed E-state index contributed by atoms with van der Waals surface area (Å²) in [5.41, 5.74) is 1.57. The Morgan fingerprint density at radius 3 is 2.47 bits per heavy atom. The number of nitrogens with one attached hydrogen (secondary N) is 1. The topological polar surface area (TPSA) is 66.5 Å². The number of sulfonamides is 1. The van der Waals surface area contributed by atoms with E-state index >= 15 is 0 Å². The van der Waals surface area contributed by atoms with Crippen molar-refractivity contribution in [3.05, 3.63) is 68.7 Å². The van der Waals surface area contributed by atoms with E-state index in [0.29, 0.717) is 53.0 Å². The van der Waals surface area contributed by atoms with Gasteiger partial charge in [-0.3, -0.25) is 4.79 Å². The fraction of sp³-hybridized carbons (Fsp3) is 0.381. The number of carbonyl (C=O) groups excluding carboxylic acids is 1. The van der Waals surface area contributed by atoms with Crippen LogP contribution < -0.4 is 5.32 Å². The molecule has 0 aliphatic carbocycles. The highest BCUT2D eigenvalue weighted by molar-refractivity contribution is 7.88. The van der Waals surface area contributed by atoms with Crippen molar-refractivity contribution in [2.45, 2.75) is 25.0 Å². The second kappa shape index (κ2) is 10.3. The summed E-state index contributed by atoms with van der Waals surface area (Å²) in [6.07, 6.45) is 2.00. The number of hydrogen-bond acceptors (Lipinski definition) is 3. The molecular weight excluding hydrogens is 467 g/mol. The SMILES string of the molecule is O=C(NCCc1ccc(Cl)cc1)C1CCCN(S(=O)(=O)Cc2ccc(Cl)cc2Cl)C1. The first-order chi connectivity index (χ1) is 14.2. The summed E-state index contributed by atoms with van der Waals surface area (Å²) < 4.78 is 27.2. The Kier molecular flexibility index (Phi) is 8.04. The van der Waals surface area contributed by atoms with E-state index in [9.17, 15) is 13.2 Å². The molecule has 1 amide bonds. The maximum absolute atomic E-state index is 12.9. The van der Waals surface area contributed by atoms with Crippen LogP contribution in [0.15, 0.2) is 42.5 Å². The molecule has 3 rings (SSSR count). The highest BCUT2D eigenvalue weighted by atomic mass is 35.5. The molecule has 0 aromatic heterocycles. The first-order valence-corrected chi connectivity index (χ1v) is 12.4. The average Bonchev–Trinajstić information content (AvgIpc) is 2.71. The van der Waals surface area contributed by atoms with Gasteiger partial charge < -0.3 is 5.32 Å². The van der Waals surface area contributed by atoms with Gasteiger partial charge in [0.05, 0.1) is 11.7 Å². The Bertz CT molecular complexity index is 997. The number of hydrogen-bond donors (Lipinski definition) is 1. The van der Waals surface area contributed by atoms with Crippen LogP contribution in [0, 0.1) is 5.92 Å². The van der Waals surface area contributed by atoms with Crippen molar-refractivity contribution in [3.63, 3.8) is 0 Å². The molecule has 162 valence electrons. The van der Waals surface area contributed by atoms with Crippen molar-refractivity contribution >= 4 is 50.7 Å². The maximum atomic E-state index is 12.9. The molecule has 2 aromatic carbocycles. The molecule has 2 aromatic rings. The van der Waals surface area contributed by atoms with E-state index in [4.69, 9.17) is 34.8 Å². The lowest BCUT2D eigenvalue weighted by molar-refractivity contribution is -0.126. The third-order valence-electron chi connectivity index (χ3n) is 5.13. The Morgan fingerprint density at radius 1 is 1.07 bits per heavy atom. The van der Waals surface area contributed by atoms with Crippen LogP contribution in [0.1, 0.15) is 24.0 Å². The standard InChI is InChI=1S/C21H23Cl3N2O3S/c22-18-6-3-15(4-7-18)9-10-25-21(27)16-2-1-11-26(13-16)30(28,29)14-17-5-8-19(23)12-20(17)24/h3-8,12,16H,1-2,9-11,13-14H2,(H,25,27). The van der Waals surface area contributed by atoms with Crippen LogP contribution in [0.3, 0.4) is 0 Å². The van der Waals surface area contributed by atoms with Gasteiger partial charge in [-0.1, -0.05) is 53.0 Å². The zero-order valence-corrected chi connectivity index (χ0v) is 19.4. The fourth-order valence-electron chi connectivity index (χ4n) is 3.46. The molecule has 0 saturated carbocycles. The minimum Gasteiger partial charge on any atom is -0.355 e. The molecule has 1 aliphatic rings. The minimum absolute atomic E-state index is 0.117. The Hall–Kier alpha value is -1.31. The van der Waals surface area contributed by atoms with E-state index in [1.165, 1.54) is 10.4 Å². The molecule has 0 radical (unpaired) electrons. The van der Waals surface area contributed by atoms with Crippen molar-refractivity contribution in [2.75, 3.05) is 19.6 Å². The monoisotopic (exact) mass is 488 g/mol. The first-order valence-electron chi connectivity index (χ1n) is 9.68. The molecule has 0 spiro atoms. The van der Waals surface area contributed by atoms with Crippen LogP contribution in [0.4, 0.5) is 0 Å². The number of rotatable bonds is 7. The van der Waals surface area contributed by atoms with Gasteiger partial charge in [0.25, 0.3) is 0 Å². The first kappa shape index (κ1) is 23.4. The van der Waals surface area contributed by atoms with Crippen LogP contribution in [0.2, 0.25) is 15.1 Å². The molecule has 1 fully saturated rings. The summed E-state index contributed by atoms with van der Waals surface area (Å²) in [6.45, 7) is 1.08. The van der Waals surface area contributed by atoms with E-state index in [0.717, 1.165) is 5.56 Å². The summed E-state index contributed by atoms with van der Waals surface area (Å²) >= 11 is 17.9. The molecule has 1 atom stereocenters. The van der Waals surface area contributed by atoms with Gasteiger partial charge in [0, 0.05) is 34.7 Å². The van der Waals surface area contributed by atoms with Gasteiger partial charge in [0.2, 0.25) is 15.9 Å². The van der Waals surface area contributed by atoms with E-state index in [-0.39, 0.29) is 24.1 Å². The summed E-state index contributed by atoms with van der Waals surface area (Å²) in [5, 5.41) is 4.37. The highest BCUT2D eigenvalue weighted by Gasteiger charge is 2.32. The molecule has 5 nitrogen and oxygen atoms in total. The second-order valence-electron chi connectivity index (χ2n) is 7.36. The number of halogens is 3. The van der Waals surface area contributed by atoms with Gasteiger partial charge in [-0.25, -0.2) is 12.7 Å². The normalized spacial score (nSPS) is 17.6. The van der Waals surface area contributed by atoms with Gasteiger partial charge >= 0.3 is 0 Å². The van der Waals surface area contributed by atoms with Crippen molar-refractivity contribution in [1.82, 2.24) is 9.62 Å². The minimum atomic E-state index is -3.59. The Balaban J connectivity index is 1.55. The number of benzene rings is 2. The molecular formula is C21H23Cl3N2O3S. The third kappa shape index (κ3) is 6.34. The summed E-state index contributed by atoms with van der Waals surface area (Å²) in [7, 11) is -3.59. The van der Waals surface area contributed by atoms with E-state index in [1.807, 2.05) is 24.3 Å². The van der Waals surface area contributed by atoms with Gasteiger partial charge in [-0.05, 0) is 54.7 Å². The molecule has 1 saturated heterocycles. The van der Waals surface area contributed by atoms with Crippen LogP contribution in [0.25, 0.3) is 0 Å². The van der Waals surface area contributed by atoms with Gasteiger partial charge in [-0.15, -0.1) is 0 Å². The lowest BCUT2D eigenvalue weighted by Crippen LogP contribution is -2.46. The van der Waals surface area contributed by atoms with E-state index in [2.05, 4.69) is 5.32 Å². The largest absolute Gasteiger partial charge is 0.355 e. The zero-order chi connectivity index (χ0) is 21.7. The second-order valence-corrected chi connectivity index (χ2v) is 10.6. The van der Waals surface area contributed by atoms with Gasteiger partial charge in [0.1, 0.15) is 0 Å². The van der Waals surface area contributed by atoms with Crippen molar-refractivity contribution < 1.29 is 13.2 Å². The molecule has 1 N–H and O–H groups in total. The van der Waals surface area contributed by atoms with Crippen LogP contribution in [0.5, 0.6) is 0 Å². The van der Waals surface area contributed by atoms with E-state index < -0.39 is 10.0 Å². The molecule has 9 heteroatoms. The third-order valence-corrected chi connectivity index (χ3v) is 7.76. The van der Waals surface area contributed by atoms with Crippen molar-refractivity contribution in [3.8, 4) is 0 Å². The Labute approximate surface area is 192 Å². The van der Waals surface area contributed by atoms with Crippen LogP contribution in [-0.4, -0.2) is 38.3 Å². The predicted molar refractivity (Wildman–Crippen MR) is 122 cm³/mol. The van der Waals surface area contributed by atoms with Crippen LogP contribution >= 0.6 is 34.8 Å². The molecule has 1 heterocycles.